The van der Waals surface area contributed by atoms with Crippen molar-refractivity contribution in [3.05, 3.63) is 83.2 Å². The number of hydrogen-bond acceptors (Lipinski definition) is 4. The quantitative estimate of drug-likeness (QED) is 0.647. The molecule has 1 fully saturated rings. The van der Waals surface area contributed by atoms with Crippen LogP contribution in [0, 0.1) is 13.8 Å². The minimum absolute atomic E-state index is 0.0848. The number of aromatic nitrogens is 1. The van der Waals surface area contributed by atoms with Gasteiger partial charge in [-0.2, -0.15) is 0 Å². The summed E-state index contributed by atoms with van der Waals surface area (Å²) in [4.78, 5) is 6.72. The molecule has 1 saturated heterocycles. The average molecular weight is 350 g/mol. The molecule has 0 amide bonds. The number of benzene rings is 1. The molecule has 1 aromatic carbocycles. The predicted molar refractivity (Wildman–Crippen MR) is 105 cm³/mol. The van der Waals surface area contributed by atoms with E-state index < -0.39 is 0 Å². The first-order valence-electron chi connectivity index (χ1n) is 8.97. The summed E-state index contributed by atoms with van der Waals surface area (Å²) in [6.07, 6.45) is 3.46. The first-order chi connectivity index (χ1) is 12.6. The van der Waals surface area contributed by atoms with Crippen LogP contribution in [0.1, 0.15) is 28.4 Å². The van der Waals surface area contributed by atoms with E-state index in [4.69, 9.17) is 4.74 Å². The molecule has 1 atom stereocenters. The molecule has 1 aliphatic heterocycles. The summed E-state index contributed by atoms with van der Waals surface area (Å²) >= 11 is 0. The Morgan fingerprint density at radius 1 is 1.19 bits per heavy atom. The lowest BCUT2D eigenvalue weighted by Gasteiger charge is -2.36. The Morgan fingerprint density at radius 2 is 1.88 bits per heavy atom. The molecule has 0 saturated carbocycles. The lowest BCUT2D eigenvalue weighted by atomic mass is 9.93. The highest BCUT2D eigenvalue weighted by molar-refractivity contribution is 5.65. The maximum atomic E-state index is 11.1. The van der Waals surface area contributed by atoms with Gasteiger partial charge in [0.25, 0.3) is 0 Å². The van der Waals surface area contributed by atoms with E-state index in [1.807, 2.05) is 19.1 Å². The van der Waals surface area contributed by atoms with Gasteiger partial charge in [-0.3, -0.25) is 9.88 Å². The second kappa shape index (κ2) is 8.30. The summed E-state index contributed by atoms with van der Waals surface area (Å²) < 4.78 is 5.52. The Hall–Kier alpha value is -2.43. The Morgan fingerprint density at radius 3 is 2.50 bits per heavy atom. The van der Waals surface area contributed by atoms with Crippen molar-refractivity contribution >= 4 is 5.76 Å². The fourth-order valence-corrected chi connectivity index (χ4v) is 3.38. The number of ether oxygens (including phenoxy) is 1. The number of rotatable bonds is 5. The van der Waals surface area contributed by atoms with Crippen LogP contribution in [0.25, 0.3) is 5.76 Å². The second-order valence-electron chi connectivity index (χ2n) is 6.64. The van der Waals surface area contributed by atoms with Crippen LogP contribution < -0.4 is 0 Å². The lowest BCUT2D eigenvalue weighted by molar-refractivity contribution is 0.0236. The van der Waals surface area contributed by atoms with Gasteiger partial charge in [-0.1, -0.05) is 48.6 Å². The first-order valence-corrected chi connectivity index (χ1v) is 8.97. The molecular weight excluding hydrogens is 324 g/mol. The molecule has 1 N–H and O–H groups in total. The van der Waals surface area contributed by atoms with Crippen LogP contribution in [-0.4, -0.2) is 41.3 Å². The van der Waals surface area contributed by atoms with E-state index in [2.05, 4.69) is 47.7 Å². The average Bonchev–Trinajstić information content (AvgIpc) is 2.67. The maximum Gasteiger partial charge on any atom is 0.146 e. The summed E-state index contributed by atoms with van der Waals surface area (Å²) in [5, 5.41) is 11.1. The normalized spacial score (nSPS) is 17.5. The van der Waals surface area contributed by atoms with Crippen molar-refractivity contribution in [2.75, 3.05) is 26.3 Å². The van der Waals surface area contributed by atoms with Crippen LogP contribution in [0.5, 0.6) is 0 Å². The predicted octanol–water partition coefficient (Wildman–Crippen LogP) is 4.23. The number of nitrogens with zero attached hydrogens (tertiary/aromatic N) is 2. The largest absolute Gasteiger partial charge is 0.505 e. The highest BCUT2D eigenvalue weighted by atomic mass is 16.5. The maximum absolute atomic E-state index is 11.1. The van der Waals surface area contributed by atoms with E-state index in [9.17, 15) is 5.11 Å². The number of morpholine rings is 1. The van der Waals surface area contributed by atoms with Crippen molar-refractivity contribution in [3.8, 4) is 0 Å². The third kappa shape index (κ3) is 3.87. The van der Waals surface area contributed by atoms with Crippen molar-refractivity contribution in [2.45, 2.75) is 19.9 Å². The molecule has 2 aromatic rings. The van der Waals surface area contributed by atoms with Crippen molar-refractivity contribution in [1.29, 1.82) is 0 Å². The molecule has 3 rings (SSSR count). The lowest BCUT2D eigenvalue weighted by Crippen LogP contribution is -2.39. The molecular formula is C22H26N2O2. The van der Waals surface area contributed by atoms with Gasteiger partial charge in [-0.05, 0) is 31.0 Å². The van der Waals surface area contributed by atoms with Gasteiger partial charge in [0.2, 0.25) is 0 Å². The Bertz CT molecular complexity index is 790. The Kier molecular flexibility index (Phi) is 5.86. The highest BCUT2D eigenvalue weighted by Gasteiger charge is 2.28. The van der Waals surface area contributed by atoms with E-state index in [-0.39, 0.29) is 11.8 Å². The van der Waals surface area contributed by atoms with E-state index >= 15 is 0 Å². The summed E-state index contributed by atoms with van der Waals surface area (Å²) in [5.74, 6) is 0.190. The number of aliphatic hydroxyl groups excluding tert-OH is 1. The van der Waals surface area contributed by atoms with E-state index in [0.717, 1.165) is 29.8 Å². The molecule has 0 bridgehead atoms. The monoisotopic (exact) mass is 350 g/mol. The Labute approximate surface area is 155 Å². The molecule has 0 aliphatic carbocycles. The molecule has 4 nitrogen and oxygen atoms in total. The second-order valence-corrected chi connectivity index (χ2v) is 6.64. The zero-order chi connectivity index (χ0) is 18.5. The summed E-state index contributed by atoms with van der Waals surface area (Å²) in [5.41, 5.74) is 4.66. The molecule has 2 heterocycles. The first kappa shape index (κ1) is 18.4. The van der Waals surface area contributed by atoms with E-state index in [1.165, 1.54) is 5.56 Å². The van der Waals surface area contributed by atoms with Crippen molar-refractivity contribution < 1.29 is 9.84 Å². The van der Waals surface area contributed by atoms with Crippen molar-refractivity contribution in [2.24, 2.45) is 0 Å². The minimum atomic E-state index is -0.0848. The smallest absolute Gasteiger partial charge is 0.146 e. The molecule has 4 heteroatoms. The molecule has 1 unspecified atom stereocenters. The number of pyridine rings is 1. The summed E-state index contributed by atoms with van der Waals surface area (Å²) in [6, 6.07) is 12.2. The van der Waals surface area contributed by atoms with Crippen LogP contribution in [0.15, 0.2) is 60.8 Å². The van der Waals surface area contributed by atoms with Gasteiger partial charge < -0.3 is 9.84 Å². The van der Waals surface area contributed by atoms with Gasteiger partial charge in [-0.15, -0.1) is 0 Å². The van der Waals surface area contributed by atoms with Crippen molar-refractivity contribution in [1.82, 2.24) is 9.88 Å². The molecule has 0 radical (unpaired) electrons. The van der Waals surface area contributed by atoms with Gasteiger partial charge in [0, 0.05) is 24.9 Å². The van der Waals surface area contributed by atoms with Gasteiger partial charge in [-0.25, -0.2) is 0 Å². The number of hydrogen-bond donors (Lipinski definition) is 1. The zero-order valence-corrected chi connectivity index (χ0v) is 15.5. The van der Waals surface area contributed by atoms with Gasteiger partial charge in [0.05, 0.1) is 19.3 Å². The van der Waals surface area contributed by atoms with Gasteiger partial charge in [0.1, 0.15) is 11.5 Å². The Balaban J connectivity index is 2.11. The molecule has 1 aliphatic rings. The summed E-state index contributed by atoms with van der Waals surface area (Å²) in [6.45, 7) is 11.0. The molecule has 26 heavy (non-hydrogen) atoms. The van der Waals surface area contributed by atoms with Gasteiger partial charge >= 0.3 is 0 Å². The molecule has 1 aromatic heterocycles. The van der Waals surface area contributed by atoms with Crippen LogP contribution >= 0.6 is 0 Å². The van der Waals surface area contributed by atoms with Crippen LogP contribution in [0.2, 0.25) is 0 Å². The number of aliphatic hydroxyl groups is 1. The van der Waals surface area contributed by atoms with Crippen LogP contribution in [0.4, 0.5) is 0 Å². The van der Waals surface area contributed by atoms with E-state index in [1.54, 1.807) is 12.3 Å². The van der Waals surface area contributed by atoms with Crippen LogP contribution in [0.3, 0.4) is 0 Å². The molecule has 0 spiro atoms. The van der Waals surface area contributed by atoms with Gasteiger partial charge in [0.15, 0.2) is 0 Å². The number of aryl methyl sites for hydroxylation is 2. The van der Waals surface area contributed by atoms with Crippen molar-refractivity contribution in [3.63, 3.8) is 0 Å². The third-order valence-electron chi connectivity index (χ3n) is 4.83. The molecule has 136 valence electrons. The highest BCUT2D eigenvalue weighted by Crippen LogP contribution is 2.34. The topological polar surface area (TPSA) is 45.6 Å². The van der Waals surface area contributed by atoms with Crippen LogP contribution in [-0.2, 0) is 4.74 Å². The fraction of sp³-hybridized carbons (Fsp3) is 0.318. The fourth-order valence-electron chi connectivity index (χ4n) is 3.38. The zero-order valence-electron chi connectivity index (χ0n) is 15.5. The van der Waals surface area contributed by atoms with E-state index in [0.29, 0.717) is 18.9 Å². The SMILES string of the molecule is C=C/C(=C(/O)c1ncccc1C)C(c1ccc(C)cc1)N1CCOCC1. The minimum Gasteiger partial charge on any atom is -0.505 e. The third-order valence-corrected chi connectivity index (χ3v) is 4.83. The summed E-state index contributed by atoms with van der Waals surface area (Å²) in [7, 11) is 0. The standard InChI is InChI=1S/C22H26N2O2/c1-4-19(22(25)20-17(3)6-5-11-23-20)21(24-12-14-26-15-13-24)18-9-7-16(2)8-10-18/h4-11,21,25H,1,12-15H2,2-3H3/b22-19-.